The Morgan fingerprint density at radius 1 is 0.169 bits per heavy atom. The van der Waals surface area contributed by atoms with Crippen LogP contribution in [-0.2, 0) is 5.41 Å². The molecular weight excluding hydrogens is 1720 g/mol. The summed E-state index contributed by atoms with van der Waals surface area (Å²) >= 11 is 0. The van der Waals surface area contributed by atoms with E-state index in [1.165, 1.54) is 158 Å². The van der Waals surface area contributed by atoms with Crippen molar-refractivity contribution in [2.75, 3.05) is 0 Å². The average Bonchev–Trinajstić information content (AvgIpc) is 1.56. The highest BCUT2D eigenvalue weighted by Crippen LogP contribution is 2.55. The van der Waals surface area contributed by atoms with E-state index in [0.717, 1.165) is 134 Å². The molecule has 660 valence electrons. The maximum Gasteiger partial charge on any atom is 0.0979 e. The lowest BCUT2D eigenvalue weighted by atomic mass is 9.79. The maximum atomic E-state index is 5.50. The highest BCUT2D eigenvalue weighted by atomic mass is 15.0. The molecule has 0 saturated carbocycles. The standard InChI is InChI=1S/C68H41N5.C65H42N4/c1-2-19-47(20-3-1)71-60-27-12-8-22-52(60)56-39-46(30-35-62(56)71)67-68(70-59-26-11-10-25-58(59)69-67)54-24-14-18-45-37-48(31-33-50(45)54)73-64-40-44-17-5-4-16-43(44)38-57(64)53-34-32-49(41-65(53)73)72-61-28-13-9-23-55(61)66-51-21-7-6-15-42(51)29-36-63(66)72;1-65(2)54-25-9-7-20-47(54)49-22-14-24-52(62(49)65)64-63(66-55-26-10-11-27-56(55)67-64)50-23-13-18-42-35-43(30-32-45(42)50)69-59-37-41-17-4-3-16-40(41)36-53(59)48-33-31-44(38-60(48)69)68-57-28-12-8-21-51(57)61-46-19-6-5-15-39(46)29-34-58(61)68/h1-41H;3-38H,1-2H3. The number of hydrogen-bond donors (Lipinski definition) is 0. The molecule has 0 unspecified atom stereocenters. The summed E-state index contributed by atoms with van der Waals surface area (Å²) in [5, 5.41) is 26.7. The molecule has 0 bridgehead atoms. The number of aromatic nitrogens is 9. The van der Waals surface area contributed by atoms with Crippen LogP contribution in [0.15, 0.2) is 467 Å². The first-order valence-corrected chi connectivity index (χ1v) is 48.9. The average molecular weight is 1810 g/mol. The first-order chi connectivity index (χ1) is 70.2. The zero-order chi connectivity index (χ0) is 93.3. The minimum absolute atomic E-state index is 0.218. The fraction of sp³-hybridized carbons (Fsp3) is 0.0226. The minimum atomic E-state index is -0.218. The second-order valence-electron chi connectivity index (χ2n) is 38.6. The smallest absolute Gasteiger partial charge is 0.0979 e. The molecule has 31 rings (SSSR count). The van der Waals surface area contributed by atoms with E-state index in [2.05, 4.69) is 492 Å². The van der Waals surface area contributed by atoms with E-state index >= 15 is 0 Å². The van der Waals surface area contributed by atoms with Gasteiger partial charge in [0.15, 0.2) is 0 Å². The van der Waals surface area contributed by atoms with Crippen LogP contribution in [0.5, 0.6) is 0 Å². The van der Waals surface area contributed by atoms with E-state index in [-0.39, 0.29) is 5.41 Å². The second kappa shape index (κ2) is 30.7. The van der Waals surface area contributed by atoms with Crippen molar-refractivity contribution in [1.82, 2.24) is 42.8 Å². The van der Waals surface area contributed by atoms with E-state index in [4.69, 9.17) is 19.9 Å². The summed E-state index contributed by atoms with van der Waals surface area (Å²) in [6.45, 7) is 4.69. The van der Waals surface area contributed by atoms with Crippen LogP contribution in [0, 0.1) is 0 Å². The van der Waals surface area contributed by atoms with Crippen LogP contribution >= 0.6 is 0 Å². The van der Waals surface area contributed by atoms with E-state index in [0.29, 0.717) is 0 Å². The van der Waals surface area contributed by atoms with Crippen LogP contribution in [0.2, 0.25) is 0 Å². The molecule has 0 aliphatic heterocycles. The van der Waals surface area contributed by atoms with Crippen molar-refractivity contribution in [2.24, 2.45) is 0 Å². The molecule has 0 amide bonds. The van der Waals surface area contributed by atoms with Gasteiger partial charge >= 0.3 is 0 Å². The Morgan fingerprint density at radius 2 is 0.500 bits per heavy atom. The molecule has 30 aromatic rings. The fourth-order valence-corrected chi connectivity index (χ4v) is 24.3. The molecule has 7 aromatic heterocycles. The topological polar surface area (TPSA) is 76.2 Å². The molecule has 1 aliphatic carbocycles. The van der Waals surface area contributed by atoms with Gasteiger partial charge in [-0.25, -0.2) is 19.9 Å². The van der Waals surface area contributed by atoms with Crippen molar-refractivity contribution in [3.05, 3.63) is 478 Å². The maximum absolute atomic E-state index is 5.50. The zero-order valence-electron chi connectivity index (χ0n) is 77.5. The molecule has 7 heterocycles. The first-order valence-electron chi connectivity index (χ1n) is 48.9. The largest absolute Gasteiger partial charge is 0.309 e. The van der Waals surface area contributed by atoms with Gasteiger partial charge in [-0.1, -0.05) is 329 Å². The van der Waals surface area contributed by atoms with Crippen molar-refractivity contribution in [3.63, 3.8) is 0 Å². The van der Waals surface area contributed by atoms with Crippen LogP contribution in [0.3, 0.4) is 0 Å². The van der Waals surface area contributed by atoms with Gasteiger partial charge in [0.2, 0.25) is 0 Å². The SMILES string of the molecule is CC1(C)c2ccccc2-c2cccc(-c3nc4ccccc4nc3-c3cccc4cc(-n5c6cc(-n7c8ccccc8c8c9ccccc9ccc87)ccc6c6cc7ccccc7cc65)ccc34)c21.c1ccc(-n2c3ccccc3c3cc(-c4nc5ccccc5nc4-c4cccc5cc(-n6c7cc(-n8c9ccccc9c9c%10ccccc%10ccc98)ccc7c7cc8ccccc8cc76)ccc45)ccc32)cc1. The quantitative estimate of drug-likeness (QED) is 0.144. The number of hydrogen-bond acceptors (Lipinski definition) is 4. The van der Waals surface area contributed by atoms with Crippen molar-refractivity contribution >= 4 is 196 Å². The lowest BCUT2D eigenvalue weighted by Crippen LogP contribution is -2.16. The lowest BCUT2D eigenvalue weighted by molar-refractivity contribution is 0.662. The summed E-state index contributed by atoms with van der Waals surface area (Å²) in [4.78, 5) is 21.9. The molecule has 1 aliphatic rings. The van der Waals surface area contributed by atoms with Gasteiger partial charge in [-0.05, 0) is 239 Å². The number of fused-ring (bicyclic) bond motifs is 28. The highest BCUT2D eigenvalue weighted by molar-refractivity contribution is 6.25. The Balaban J connectivity index is 0.000000133. The summed E-state index contributed by atoms with van der Waals surface area (Å²) in [7, 11) is 0. The molecule has 0 N–H and O–H groups in total. The van der Waals surface area contributed by atoms with Gasteiger partial charge in [-0.15, -0.1) is 0 Å². The van der Waals surface area contributed by atoms with Gasteiger partial charge in [-0.3, -0.25) is 0 Å². The number of benzene rings is 23. The van der Waals surface area contributed by atoms with Crippen LogP contribution in [0.1, 0.15) is 25.0 Å². The van der Waals surface area contributed by atoms with Crippen molar-refractivity contribution in [3.8, 4) is 84.6 Å². The normalized spacial score (nSPS) is 12.6. The predicted molar refractivity (Wildman–Crippen MR) is 595 cm³/mol. The zero-order valence-corrected chi connectivity index (χ0v) is 77.5. The second-order valence-corrected chi connectivity index (χ2v) is 38.6. The van der Waals surface area contributed by atoms with Gasteiger partial charge in [0.1, 0.15) is 0 Å². The molecule has 0 spiro atoms. The van der Waals surface area contributed by atoms with E-state index < -0.39 is 0 Å². The molecule has 142 heavy (non-hydrogen) atoms. The van der Waals surface area contributed by atoms with Gasteiger partial charge in [-0.2, -0.15) is 0 Å². The van der Waals surface area contributed by atoms with Crippen molar-refractivity contribution in [2.45, 2.75) is 19.3 Å². The Bertz CT molecular complexity index is 10700. The Morgan fingerprint density at radius 3 is 1.03 bits per heavy atom. The molecular formula is C133H83N9. The summed E-state index contributed by atoms with van der Waals surface area (Å²) < 4.78 is 12.2. The molecule has 9 heteroatoms. The van der Waals surface area contributed by atoms with Crippen molar-refractivity contribution in [1.29, 1.82) is 0 Å². The van der Waals surface area contributed by atoms with E-state index in [1.807, 2.05) is 12.1 Å². The third-order valence-electron chi connectivity index (χ3n) is 30.6. The van der Waals surface area contributed by atoms with Crippen LogP contribution in [-0.4, -0.2) is 42.8 Å². The fourth-order valence-electron chi connectivity index (χ4n) is 24.3. The molecule has 0 fully saturated rings. The minimum Gasteiger partial charge on any atom is -0.309 e. The molecule has 9 nitrogen and oxygen atoms in total. The number of rotatable bonds is 9. The van der Waals surface area contributed by atoms with Gasteiger partial charge in [0, 0.05) is 110 Å². The summed E-state index contributed by atoms with van der Waals surface area (Å²) in [5.74, 6) is 0. The third-order valence-corrected chi connectivity index (χ3v) is 30.6. The molecule has 23 aromatic carbocycles. The summed E-state index contributed by atoms with van der Waals surface area (Å²) in [6, 6.07) is 170. The molecule has 0 atom stereocenters. The highest BCUT2D eigenvalue weighted by Gasteiger charge is 2.39. The number of nitrogens with zero attached hydrogens (tertiary/aromatic N) is 9. The summed E-state index contributed by atoms with van der Waals surface area (Å²) in [5.41, 5.74) is 33.6. The molecule has 0 saturated heterocycles. The van der Waals surface area contributed by atoms with Gasteiger partial charge in [0.05, 0.1) is 100 Å². The van der Waals surface area contributed by atoms with Gasteiger partial charge in [0.25, 0.3) is 0 Å². The van der Waals surface area contributed by atoms with Crippen molar-refractivity contribution < 1.29 is 0 Å². The Hall–Kier alpha value is -18.7. The monoisotopic (exact) mass is 1810 g/mol. The Labute approximate surface area is 814 Å². The van der Waals surface area contributed by atoms with Crippen LogP contribution in [0.25, 0.3) is 280 Å². The van der Waals surface area contributed by atoms with E-state index in [9.17, 15) is 0 Å². The third kappa shape index (κ3) is 11.9. The first kappa shape index (κ1) is 79.5. The number of para-hydroxylation sites is 8. The summed E-state index contributed by atoms with van der Waals surface area (Å²) in [6.07, 6.45) is 0. The predicted octanol–water partition coefficient (Wildman–Crippen LogP) is 34.6. The van der Waals surface area contributed by atoms with Gasteiger partial charge < -0.3 is 22.8 Å². The Kier molecular flexibility index (Phi) is 17.2. The molecule has 0 radical (unpaired) electrons. The van der Waals surface area contributed by atoms with E-state index in [1.54, 1.807) is 0 Å². The van der Waals surface area contributed by atoms with Crippen LogP contribution in [0.4, 0.5) is 0 Å². The lowest BCUT2D eigenvalue weighted by Gasteiger charge is -2.25. The van der Waals surface area contributed by atoms with Crippen LogP contribution < -0.4 is 0 Å².